The number of hydrogen-bond acceptors (Lipinski definition) is 3. The number of aromatic nitrogens is 1. The first kappa shape index (κ1) is 11.3. The summed E-state index contributed by atoms with van der Waals surface area (Å²) < 4.78 is 1.88. The van der Waals surface area contributed by atoms with Gasteiger partial charge in [0.25, 0.3) is 0 Å². The Kier molecular flexibility index (Phi) is 3.00. The van der Waals surface area contributed by atoms with Crippen LogP contribution in [0, 0.1) is 5.41 Å². The molecule has 1 heterocycles. The van der Waals surface area contributed by atoms with E-state index < -0.39 is 0 Å². The number of benzene rings is 2. The van der Waals surface area contributed by atoms with Crippen molar-refractivity contribution in [2.24, 2.45) is 0 Å². The maximum absolute atomic E-state index is 8.25. The number of para-hydroxylation sites is 2. The number of nitrogens with one attached hydrogen (secondary N) is 1. The minimum atomic E-state index is 0.474. The van der Waals surface area contributed by atoms with Gasteiger partial charge in [0.1, 0.15) is 0 Å². The van der Waals surface area contributed by atoms with E-state index in [1.165, 1.54) is 0 Å². The summed E-state index contributed by atoms with van der Waals surface area (Å²) in [5.41, 5.74) is 2.00. The molecular formula is C13H11N3S2. The molecule has 3 aromatic rings. The average Bonchev–Trinajstić information content (AvgIpc) is 3.26. The van der Waals surface area contributed by atoms with Crippen molar-refractivity contribution in [3.05, 3.63) is 60.7 Å². The number of anilines is 2. The summed E-state index contributed by atoms with van der Waals surface area (Å²) in [7, 11) is 3.16. The highest BCUT2D eigenvalue weighted by molar-refractivity contribution is 7.77. The van der Waals surface area contributed by atoms with E-state index in [1.54, 1.807) is 21.1 Å². The third kappa shape index (κ3) is 2.23. The molecule has 0 saturated carbocycles. The fourth-order valence-electron chi connectivity index (χ4n) is 1.72. The minimum Gasteiger partial charge on any atom is -0.279 e. The van der Waals surface area contributed by atoms with Gasteiger partial charge in [-0.3, -0.25) is 10.3 Å². The summed E-state index contributed by atoms with van der Waals surface area (Å²) in [6, 6.07) is 20.0. The van der Waals surface area contributed by atoms with Crippen LogP contribution in [-0.2, 0) is 0 Å². The Bertz CT molecular complexity index is 574. The monoisotopic (exact) mass is 273 g/mol. The number of rotatable bonds is 2. The van der Waals surface area contributed by atoms with Crippen molar-refractivity contribution in [1.82, 2.24) is 3.35 Å². The van der Waals surface area contributed by atoms with Crippen LogP contribution >= 0.6 is 21.1 Å². The van der Waals surface area contributed by atoms with E-state index in [9.17, 15) is 0 Å². The van der Waals surface area contributed by atoms with Crippen LogP contribution in [0.4, 0.5) is 11.4 Å². The average molecular weight is 273 g/mol. The van der Waals surface area contributed by atoms with E-state index >= 15 is 0 Å². The summed E-state index contributed by atoms with van der Waals surface area (Å²) >= 11 is 0. The Balaban J connectivity index is 2.05. The van der Waals surface area contributed by atoms with Crippen molar-refractivity contribution >= 4 is 38.4 Å². The lowest BCUT2D eigenvalue weighted by Gasteiger charge is -2.23. The van der Waals surface area contributed by atoms with Crippen molar-refractivity contribution in [3.8, 4) is 0 Å². The zero-order chi connectivity index (χ0) is 12.4. The Morgan fingerprint density at radius 3 is 1.67 bits per heavy atom. The Labute approximate surface area is 113 Å². The van der Waals surface area contributed by atoms with E-state index in [1.807, 2.05) is 68.9 Å². The molecule has 1 aromatic heterocycles. The smallest absolute Gasteiger partial charge is 0.232 e. The van der Waals surface area contributed by atoms with Gasteiger partial charge in [0.2, 0.25) is 5.96 Å². The predicted octanol–water partition coefficient (Wildman–Crippen LogP) is 4.23. The first-order valence-corrected chi connectivity index (χ1v) is 7.56. The second kappa shape index (κ2) is 4.80. The standard InChI is InChI=1S/C13H11N3S2/c14-13(16-17-18-16)15(11-7-3-1-4-8-11)12-9-5-2-6-10-12/h1-10,14H. The van der Waals surface area contributed by atoms with Gasteiger partial charge in [-0.25, -0.2) is 0 Å². The van der Waals surface area contributed by atoms with Crippen LogP contribution in [0.3, 0.4) is 0 Å². The Hall–Kier alpha value is -1.85. The van der Waals surface area contributed by atoms with E-state index in [0.717, 1.165) is 11.4 Å². The van der Waals surface area contributed by atoms with Crippen molar-refractivity contribution in [2.45, 2.75) is 0 Å². The van der Waals surface area contributed by atoms with Gasteiger partial charge < -0.3 is 0 Å². The van der Waals surface area contributed by atoms with Crippen LogP contribution in [0.1, 0.15) is 0 Å². The molecule has 0 spiro atoms. The van der Waals surface area contributed by atoms with Crippen LogP contribution in [0.25, 0.3) is 0 Å². The third-order valence-corrected chi connectivity index (χ3v) is 4.10. The maximum Gasteiger partial charge on any atom is 0.232 e. The summed E-state index contributed by atoms with van der Waals surface area (Å²) in [5.74, 6) is 0.474. The quantitative estimate of drug-likeness (QED) is 0.423. The molecule has 1 N–H and O–H groups in total. The number of nitrogens with zero attached hydrogens (tertiary/aromatic N) is 2. The van der Waals surface area contributed by atoms with Crippen molar-refractivity contribution in [2.75, 3.05) is 4.90 Å². The molecule has 0 atom stereocenters. The summed E-state index contributed by atoms with van der Waals surface area (Å²) in [5, 5.41) is 8.25. The SMILES string of the molecule is N=C(N(c1ccccc1)c1ccccc1)n1ss1. The first-order chi connectivity index (χ1) is 8.86. The highest BCUT2D eigenvalue weighted by Crippen LogP contribution is 2.29. The normalized spacial score (nSPS) is 10.4. The van der Waals surface area contributed by atoms with Crippen LogP contribution in [0.15, 0.2) is 60.7 Å². The van der Waals surface area contributed by atoms with Crippen molar-refractivity contribution < 1.29 is 0 Å². The van der Waals surface area contributed by atoms with Crippen LogP contribution < -0.4 is 4.90 Å². The number of hydrogen-bond donors (Lipinski definition) is 1. The van der Waals surface area contributed by atoms with Gasteiger partial charge >= 0.3 is 0 Å². The minimum absolute atomic E-state index is 0.474. The van der Waals surface area contributed by atoms with Crippen molar-refractivity contribution in [1.29, 1.82) is 5.41 Å². The molecule has 0 aliphatic rings. The zero-order valence-electron chi connectivity index (χ0n) is 9.48. The maximum atomic E-state index is 8.25. The molecule has 0 bridgehead atoms. The fraction of sp³-hybridized carbons (Fsp3) is 0. The molecule has 90 valence electrons. The van der Waals surface area contributed by atoms with E-state index in [-0.39, 0.29) is 0 Å². The van der Waals surface area contributed by atoms with Gasteiger partial charge in [0.05, 0.1) is 0 Å². The Morgan fingerprint density at radius 2 is 1.28 bits per heavy atom. The molecule has 0 fully saturated rings. The molecule has 18 heavy (non-hydrogen) atoms. The molecule has 0 aliphatic carbocycles. The van der Waals surface area contributed by atoms with Gasteiger partial charge in [-0.2, -0.15) is 3.35 Å². The molecule has 0 saturated heterocycles. The lowest BCUT2D eigenvalue weighted by molar-refractivity contribution is 1.22. The highest BCUT2D eigenvalue weighted by Gasteiger charge is 2.18. The lowest BCUT2D eigenvalue weighted by Crippen LogP contribution is -2.27. The first-order valence-electron chi connectivity index (χ1n) is 5.50. The molecular weight excluding hydrogens is 262 g/mol. The molecule has 0 unspecified atom stereocenters. The van der Waals surface area contributed by atoms with Crippen LogP contribution in [0.5, 0.6) is 0 Å². The highest BCUT2D eigenvalue weighted by atomic mass is 33.0. The summed E-state index contributed by atoms with van der Waals surface area (Å²) in [6.07, 6.45) is 0. The molecule has 2 aromatic carbocycles. The third-order valence-electron chi connectivity index (χ3n) is 2.56. The van der Waals surface area contributed by atoms with Gasteiger partial charge in [-0.1, -0.05) is 36.4 Å². The van der Waals surface area contributed by atoms with E-state index in [4.69, 9.17) is 5.41 Å². The molecule has 0 amide bonds. The second-order valence-electron chi connectivity index (χ2n) is 3.74. The van der Waals surface area contributed by atoms with Crippen LogP contribution in [-0.4, -0.2) is 9.31 Å². The zero-order valence-corrected chi connectivity index (χ0v) is 11.1. The molecule has 3 nitrogen and oxygen atoms in total. The molecule has 5 heteroatoms. The summed E-state index contributed by atoms with van der Waals surface area (Å²) in [4.78, 5) is 1.94. The second-order valence-corrected chi connectivity index (χ2v) is 5.89. The van der Waals surface area contributed by atoms with Gasteiger partial charge in [0, 0.05) is 32.4 Å². The van der Waals surface area contributed by atoms with Crippen LogP contribution in [0.2, 0.25) is 0 Å². The van der Waals surface area contributed by atoms with Gasteiger partial charge in [-0.15, -0.1) is 0 Å². The lowest BCUT2D eigenvalue weighted by atomic mass is 10.2. The predicted molar refractivity (Wildman–Crippen MR) is 78.3 cm³/mol. The van der Waals surface area contributed by atoms with Gasteiger partial charge in [-0.05, 0) is 24.3 Å². The summed E-state index contributed by atoms with van der Waals surface area (Å²) in [6.45, 7) is 0. The van der Waals surface area contributed by atoms with Gasteiger partial charge in [0.15, 0.2) is 0 Å². The molecule has 0 radical (unpaired) electrons. The Morgan fingerprint density at radius 1 is 0.833 bits per heavy atom. The largest absolute Gasteiger partial charge is 0.279 e. The topological polar surface area (TPSA) is 32.0 Å². The van der Waals surface area contributed by atoms with Crippen molar-refractivity contribution in [3.63, 3.8) is 0 Å². The van der Waals surface area contributed by atoms with E-state index in [0.29, 0.717) is 5.96 Å². The molecule has 3 rings (SSSR count). The fourth-order valence-corrected chi connectivity index (χ4v) is 2.58. The molecule has 0 aliphatic heterocycles. The van der Waals surface area contributed by atoms with E-state index in [2.05, 4.69) is 0 Å².